The number of aliphatic imine (C=N–C) groups is 1. The Hall–Kier alpha value is -2.93. The number of allylic oxidation sites excluding steroid dienone is 1. The number of nitrogens with zero attached hydrogens (tertiary/aromatic N) is 1. The van der Waals surface area contributed by atoms with Crippen LogP contribution < -0.4 is 0 Å². The lowest BCUT2D eigenvalue weighted by atomic mass is 9.98. The zero-order chi connectivity index (χ0) is 18.5. The molecule has 3 rings (SSSR count). The van der Waals surface area contributed by atoms with E-state index < -0.39 is 0 Å². The molecule has 0 unspecified atom stereocenters. The summed E-state index contributed by atoms with van der Waals surface area (Å²) in [5.41, 5.74) is 9.29. The quantitative estimate of drug-likeness (QED) is 0.360. The SMILES string of the molecule is CC(=Nc1ccc(C)cc1C)/C(=C/c1ccc(C)cc1)c1ccccc1. The summed E-state index contributed by atoms with van der Waals surface area (Å²) >= 11 is 0. The van der Waals surface area contributed by atoms with Crippen LogP contribution in [0.1, 0.15) is 34.7 Å². The zero-order valence-corrected chi connectivity index (χ0v) is 16.0. The lowest BCUT2D eigenvalue weighted by Gasteiger charge is -2.10. The predicted octanol–water partition coefficient (Wildman–Crippen LogP) is 6.95. The molecule has 0 saturated carbocycles. The van der Waals surface area contributed by atoms with Gasteiger partial charge in [0.15, 0.2) is 0 Å². The Morgan fingerprint density at radius 3 is 2.08 bits per heavy atom. The molecular formula is C25H25N. The fraction of sp³-hybridized carbons (Fsp3) is 0.160. The third kappa shape index (κ3) is 4.37. The van der Waals surface area contributed by atoms with E-state index in [9.17, 15) is 0 Å². The van der Waals surface area contributed by atoms with Crippen LogP contribution in [0.4, 0.5) is 5.69 Å². The number of hydrogen-bond acceptors (Lipinski definition) is 1. The van der Waals surface area contributed by atoms with Crippen LogP contribution in [0, 0.1) is 20.8 Å². The van der Waals surface area contributed by atoms with E-state index in [4.69, 9.17) is 4.99 Å². The van der Waals surface area contributed by atoms with Gasteiger partial charge in [0, 0.05) is 11.3 Å². The fourth-order valence-corrected chi connectivity index (χ4v) is 3.02. The Bertz CT molecular complexity index is 945. The third-order valence-corrected chi connectivity index (χ3v) is 4.50. The summed E-state index contributed by atoms with van der Waals surface area (Å²) in [6.45, 7) is 8.43. The van der Waals surface area contributed by atoms with Crippen LogP contribution in [0.25, 0.3) is 11.6 Å². The molecule has 130 valence electrons. The van der Waals surface area contributed by atoms with Crippen molar-refractivity contribution in [2.75, 3.05) is 0 Å². The maximum atomic E-state index is 4.94. The van der Waals surface area contributed by atoms with Crippen molar-refractivity contribution in [1.82, 2.24) is 0 Å². The van der Waals surface area contributed by atoms with E-state index in [0.717, 1.165) is 17.0 Å². The van der Waals surface area contributed by atoms with E-state index in [1.165, 1.54) is 27.8 Å². The van der Waals surface area contributed by atoms with Gasteiger partial charge in [0.1, 0.15) is 0 Å². The third-order valence-electron chi connectivity index (χ3n) is 4.50. The summed E-state index contributed by atoms with van der Waals surface area (Å²) in [6, 6.07) is 25.5. The minimum absolute atomic E-state index is 1.02. The van der Waals surface area contributed by atoms with Crippen molar-refractivity contribution < 1.29 is 0 Å². The van der Waals surface area contributed by atoms with Gasteiger partial charge in [0.05, 0.1) is 5.69 Å². The van der Waals surface area contributed by atoms with Gasteiger partial charge in [-0.3, -0.25) is 4.99 Å². The normalized spacial score (nSPS) is 12.3. The summed E-state index contributed by atoms with van der Waals surface area (Å²) < 4.78 is 0. The number of aryl methyl sites for hydroxylation is 3. The molecule has 0 bridgehead atoms. The van der Waals surface area contributed by atoms with Gasteiger partial charge in [-0.2, -0.15) is 0 Å². The molecule has 0 spiro atoms. The average Bonchev–Trinajstić information content (AvgIpc) is 2.64. The number of hydrogen-bond donors (Lipinski definition) is 0. The van der Waals surface area contributed by atoms with Crippen LogP contribution in [0.5, 0.6) is 0 Å². The molecule has 0 aliphatic heterocycles. The second kappa shape index (κ2) is 7.97. The maximum Gasteiger partial charge on any atom is 0.0662 e. The molecule has 1 heteroatoms. The lowest BCUT2D eigenvalue weighted by molar-refractivity contribution is 1.34. The highest BCUT2D eigenvalue weighted by atomic mass is 14.7. The molecule has 0 aliphatic rings. The van der Waals surface area contributed by atoms with Crippen LogP contribution in [-0.4, -0.2) is 5.71 Å². The van der Waals surface area contributed by atoms with Crippen LogP contribution >= 0.6 is 0 Å². The summed E-state index contributed by atoms with van der Waals surface area (Å²) in [6.07, 6.45) is 2.22. The average molecular weight is 339 g/mol. The highest BCUT2D eigenvalue weighted by molar-refractivity contribution is 6.27. The molecule has 0 saturated heterocycles. The largest absolute Gasteiger partial charge is 0.253 e. The van der Waals surface area contributed by atoms with E-state index in [-0.39, 0.29) is 0 Å². The van der Waals surface area contributed by atoms with Crippen LogP contribution in [0.3, 0.4) is 0 Å². The van der Waals surface area contributed by atoms with E-state index in [0.29, 0.717) is 0 Å². The van der Waals surface area contributed by atoms with Crippen molar-refractivity contribution >= 4 is 23.0 Å². The van der Waals surface area contributed by atoms with Crippen LogP contribution in [0.2, 0.25) is 0 Å². The minimum atomic E-state index is 1.02. The van der Waals surface area contributed by atoms with Gasteiger partial charge in [-0.05, 0) is 56.5 Å². The van der Waals surface area contributed by atoms with Crippen LogP contribution in [-0.2, 0) is 0 Å². The second-order valence-corrected chi connectivity index (χ2v) is 6.82. The molecule has 0 fully saturated rings. The van der Waals surface area contributed by atoms with Crippen molar-refractivity contribution in [3.63, 3.8) is 0 Å². The van der Waals surface area contributed by atoms with Crippen molar-refractivity contribution in [3.8, 4) is 0 Å². The zero-order valence-electron chi connectivity index (χ0n) is 16.0. The molecule has 3 aromatic rings. The van der Waals surface area contributed by atoms with Gasteiger partial charge in [-0.1, -0.05) is 77.9 Å². The number of benzene rings is 3. The van der Waals surface area contributed by atoms with Gasteiger partial charge >= 0.3 is 0 Å². The summed E-state index contributed by atoms with van der Waals surface area (Å²) in [4.78, 5) is 4.94. The van der Waals surface area contributed by atoms with Crippen molar-refractivity contribution in [2.24, 2.45) is 4.99 Å². The first kappa shape index (κ1) is 17.9. The highest BCUT2D eigenvalue weighted by Gasteiger charge is 2.07. The smallest absolute Gasteiger partial charge is 0.0662 e. The lowest BCUT2D eigenvalue weighted by Crippen LogP contribution is -1.97. The molecule has 0 aromatic heterocycles. The minimum Gasteiger partial charge on any atom is -0.253 e. The molecule has 0 radical (unpaired) electrons. The standard InChI is InChI=1S/C25H25N/c1-18-10-13-22(14-11-18)17-24(23-8-6-5-7-9-23)21(4)26-25-15-12-19(2)16-20(25)3/h5-17H,1-4H3/b24-17-,26-21?. The molecule has 1 nitrogen and oxygen atoms in total. The monoisotopic (exact) mass is 339 g/mol. The van der Waals surface area contributed by atoms with Crippen LogP contribution in [0.15, 0.2) is 77.8 Å². The molecule has 0 N–H and O–H groups in total. The molecule has 0 heterocycles. The van der Waals surface area contributed by atoms with Crippen molar-refractivity contribution in [3.05, 3.63) is 101 Å². The van der Waals surface area contributed by atoms with Crippen molar-refractivity contribution in [1.29, 1.82) is 0 Å². The predicted molar refractivity (Wildman–Crippen MR) is 114 cm³/mol. The summed E-state index contributed by atoms with van der Waals surface area (Å²) in [7, 11) is 0. The van der Waals surface area contributed by atoms with E-state index >= 15 is 0 Å². The van der Waals surface area contributed by atoms with Gasteiger partial charge in [0.2, 0.25) is 0 Å². The Morgan fingerprint density at radius 1 is 0.769 bits per heavy atom. The molecule has 0 amide bonds. The Labute approximate surface area is 156 Å². The van der Waals surface area contributed by atoms with Gasteiger partial charge in [-0.25, -0.2) is 0 Å². The Kier molecular flexibility index (Phi) is 5.48. The summed E-state index contributed by atoms with van der Waals surface area (Å²) in [5.74, 6) is 0. The van der Waals surface area contributed by atoms with Gasteiger partial charge < -0.3 is 0 Å². The fourth-order valence-electron chi connectivity index (χ4n) is 3.02. The molecular weight excluding hydrogens is 314 g/mol. The molecule has 26 heavy (non-hydrogen) atoms. The number of rotatable bonds is 4. The van der Waals surface area contributed by atoms with E-state index in [1.54, 1.807) is 0 Å². The van der Waals surface area contributed by atoms with Gasteiger partial charge in [-0.15, -0.1) is 0 Å². The molecule has 0 aliphatic carbocycles. The highest BCUT2D eigenvalue weighted by Crippen LogP contribution is 2.25. The maximum absolute atomic E-state index is 4.94. The van der Waals surface area contributed by atoms with E-state index in [1.807, 2.05) is 6.07 Å². The van der Waals surface area contributed by atoms with Gasteiger partial charge in [0.25, 0.3) is 0 Å². The Balaban J connectivity index is 2.08. The Morgan fingerprint density at radius 2 is 1.42 bits per heavy atom. The first-order valence-electron chi connectivity index (χ1n) is 8.99. The first-order valence-corrected chi connectivity index (χ1v) is 8.99. The van der Waals surface area contributed by atoms with Crippen molar-refractivity contribution in [2.45, 2.75) is 27.7 Å². The topological polar surface area (TPSA) is 12.4 Å². The first-order chi connectivity index (χ1) is 12.5. The van der Waals surface area contributed by atoms with E-state index in [2.05, 4.69) is 101 Å². The second-order valence-electron chi connectivity index (χ2n) is 6.82. The molecule has 3 aromatic carbocycles. The molecule has 0 atom stereocenters. The summed E-state index contributed by atoms with van der Waals surface area (Å²) in [5, 5.41) is 0.